The van der Waals surface area contributed by atoms with E-state index in [1.807, 2.05) is 30.3 Å². The first-order chi connectivity index (χ1) is 13.6. The second kappa shape index (κ2) is 9.07. The fourth-order valence-corrected chi connectivity index (χ4v) is 3.00. The van der Waals surface area contributed by atoms with Crippen molar-refractivity contribution >= 4 is 17.8 Å². The summed E-state index contributed by atoms with van der Waals surface area (Å²) in [7, 11) is 1.59. The molecule has 8 nitrogen and oxygen atoms in total. The molecule has 0 bridgehead atoms. The van der Waals surface area contributed by atoms with Crippen molar-refractivity contribution in [3.05, 3.63) is 54.0 Å². The summed E-state index contributed by atoms with van der Waals surface area (Å²) in [5.41, 5.74) is 0.987. The molecule has 28 heavy (non-hydrogen) atoms. The summed E-state index contributed by atoms with van der Waals surface area (Å²) in [6.07, 6.45) is 2.59. The number of urea groups is 1. The van der Waals surface area contributed by atoms with E-state index in [1.165, 1.54) is 0 Å². The minimum atomic E-state index is -0.827. The Hall–Kier alpha value is -3.29. The van der Waals surface area contributed by atoms with Crippen LogP contribution in [0.1, 0.15) is 17.7 Å². The van der Waals surface area contributed by atoms with Gasteiger partial charge in [0.2, 0.25) is 5.91 Å². The molecule has 1 fully saturated rings. The van der Waals surface area contributed by atoms with Crippen LogP contribution in [0.3, 0.4) is 0 Å². The van der Waals surface area contributed by atoms with Gasteiger partial charge < -0.3 is 19.8 Å². The Morgan fingerprint density at radius 2 is 2.00 bits per heavy atom. The van der Waals surface area contributed by atoms with E-state index in [0.29, 0.717) is 19.4 Å². The second-order valence-corrected chi connectivity index (χ2v) is 6.47. The third-order valence-electron chi connectivity index (χ3n) is 4.55. The van der Waals surface area contributed by atoms with E-state index >= 15 is 0 Å². The number of furan rings is 1. The molecule has 0 aliphatic carbocycles. The molecular formula is C20H23N3O5. The molecular weight excluding hydrogens is 362 g/mol. The number of amides is 4. The van der Waals surface area contributed by atoms with Gasteiger partial charge in [0, 0.05) is 19.5 Å². The zero-order valence-corrected chi connectivity index (χ0v) is 15.6. The molecule has 0 radical (unpaired) electrons. The number of nitrogens with one attached hydrogen (secondary N) is 2. The van der Waals surface area contributed by atoms with Crippen LogP contribution >= 0.6 is 0 Å². The fourth-order valence-electron chi connectivity index (χ4n) is 3.00. The van der Waals surface area contributed by atoms with Crippen LogP contribution in [-0.4, -0.2) is 49.0 Å². The molecule has 1 aromatic heterocycles. The largest absolute Gasteiger partial charge is 0.497 e. The fraction of sp³-hybridized carbons (Fsp3) is 0.350. The van der Waals surface area contributed by atoms with Gasteiger partial charge >= 0.3 is 6.03 Å². The van der Waals surface area contributed by atoms with Gasteiger partial charge in [0.05, 0.1) is 19.8 Å². The van der Waals surface area contributed by atoms with E-state index in [2.05, 4.69) is 10.6 Å². The maximum Gasteiger partial charge on any atom is 0.324 e. The summed E-state index contributed by atoms with van der Waals surface area (Å²) < 4.78 is 10.3. The third kappa shape index (κ3) is 4.91. The van der Waals surface area contributed by atoms with Gasteiger partial charge in [0.25, 0.3) is 5.91 Å². The van der Waals surface area contributed by atoms with Crippen molar-refractivity contribution < 1.29 is 23.5 Å². The number of rotatable bonds is 9. The van der Waals surface area contributed by atoms with Crippen LogP contribution < -0.4 is 15.4 Å². The summed E-state index contributed by atoms with van der Waals surface area (Å²) in [4.78, 5) is 37.8. The normalized spacial score (nSPS) is 16.2. The highest BCUT2D eigenvalue weighted by molar-refractivity contribution is 6.05. The number of benzene rings is 1. The lowest BCUT2D eigenvalue weighted by atomic mass is 10.1. The SMILES string of the molecule is COc1ccc(CCN2C(=O)N[C@@H](CC(=O)NCCc3ccco3)C2=O)cc1. The number of hydrogen-bond acceptors (Lipinski definition) is 5. The first-order valence-electron chi connectivity index (χ1n) is 9.10. The van der Waals surface area contributed by atoms with Crippen molar-refractivity contribution in [3.8, 4) is 5.75 Å². The number of methoxy groups -OCH3 is 1. The molecule has 2 aromatic rings. The van der Waals surface area contributed by atoms with Crippen molar-refractivity contribution in [1.29, 1.82) is 0 Å². The van der Waals surface area contributed by atoms with Crippen LogP contribution in [0.2, 0.25) is 0 Å². The Kier molecular flexibility index (Phi) is 6.31. The zero-order valence-electron chi connectivity index (χ0n) is 15.6. The number of carbonyl (C=O) groups is 3. The van der Waals surface area contributed by atoms with Gasteiger partial charge in [-0.05, 0) is 36.2 Å². The Bertz CT molecular complexity index is 817. The Morgan fingerprint density at radius 3 is 2.68 bits per heavy atom. The molecule has 1 saturated heterocycles. The minimum absolute atomic E-state index is 0.0816. The predicted molar refractivity (Wildman–Crippen MR) is 101 cm³/mol. The predicted octanol–water partition coefficient (Wildman–Crippen LogP) is 1.50. The number of nitrogens with zero attached hydrogens (tertiary/aromatic N) is 1. The molecule has 2 heterocycles. The molecule has 4 amide bonds. The topological polar surface area (TPSA) is 101 Å². The standard InChI is InChI=1S/C20H23N3O5/c1-27-15-6-4-14(5-7-15)9-11-23-19(25)17(22-20(23)26)13-18(24)21-10-8-16-3-2-12-28-16/h2-7,12,17H,8-11,13H2,1H3,(H,21,24)(H,22,26)/t17-/m0/s1. The van der Waals surface area contributed by atoms with Crippen LogP contribution in [0.25, 0.3) is 0 Å². The van der Waals surface area contributed by atoms with Gasteiger partial charge in [-0.25, -0.2) is 4.79 Å². The molecule has 0 saturated carbocycles. The molecule has 1 aliphatic heterocycles. The van der Waals surface area contributed by atoms with E-state index < -0.39 is 12.1 Å². The van der Waals surface area contributed by atoms with E-state index in [1.54, 1.807) is 19.4 Å². The highest BCUT2D eigenvalue weighted by Gasteiger charge is 2.38. The lowest BCUT2D eigenvalue weighted by Gasteiger charge is -2.13. The van der Waals surface area contributed by atoms with Crippen molar-refractivity contribution in [2.45, 2.75) is 25.3 Å². The number of hydrogen-bond donors (Lipinski definition) is 2. The van der Waals surface area contributed by atoms with Crippen LogP contribution in [0.5, 0.6) is 5.75 Å². The van der Waals surface area contributed by atoms with Crippen molar-refractivity contribution in [3.63, 3.8) is 0 Å². The van der Waals surface area contributed by atoms with Crippen LogP contribution in [0.4, 0.5) is 4.79 Å². The summed E-state index contributed by atoms with van der Waals surface area (Å²) in [6.45, 7) is 0.663. The Morgan fingerprint density at radius 1 is 1.21 bits per heavy atom. The summed E-state index contributed by atoms with van der Waals surface area (Å²) in [6, 6.07) is 9.76. The number of ether oxygens (including phenoxy) is 1. The van der Waals surface area contributed by atoms with Gasteiger partial charge in [-0.15, -0.1) is 0 Å². The van der Waals surface area contributed by atoms with Crippen LogP contribution in [0, 0.1) is 0 Å². The Labute approximate surface area is 162 Å². The van der Waals surface area contributed by atoms with Gasteiger partial charge in [0.15, 0.2) is 0 Å². The lowest BCUT2D eigenvalue weighted by Crippen LogP contribution is -2.37. The molecule has 8 heteroatoms. The van der Waals surface area contributed by atoms with Crippen molar-refractivity contribution in [1.82, 2.24) is 15.5 Å². The van der Waals surface area contributed by atoms with Crippen LogP contribution in [-0.2, 0) is 22.4 Å². The molecule has 0 unspecified atom stereocenters. The third-order valence-corrected chi connectivity index (χ3v) is 4.55. The molecule has 1 atom stereocenters. The zero-order chi connectivity index (χ0) is 19.9. The smallest absolute Gasteiger partial charge is 0.324 e. The van der Waals surface area contributed by atoms with Crippen molar-refractivity contribution in [2.75, 3.05) is 20.2 Å². The summed E-state index contributed by atoms with van der Waals surface area (Å²) in [5, 5.41) is 5.32. The molecule has 148 valence electrons. The summed E-state index contributed by atoms with van der Waals surface area (Å²) >= 11 is 0. The maximum absolute atomic E-state index is 12.5. The lowest BCUT2D eigenvalue weighted by molar-refractivity contribution is -0.130. The van der Waals surface area contributed by atoms with Gasteiger partial charge in [-0.1, -0.05) is 12.1 Å². The molecule has 2 N–H and O–H groups in total. The highest BCUT2D eigenvalue weighted by Crippen LogP contribution is 2.14. The van der Waals surface area contributed by atoms with Gasteiger partial charge in [0.1, 0.15) is 17.6 Å². The maximum atomic E-state index is 12.5. The average Bonchev–Trinajstić information content (AvgIpc) is 3.29. The molecule has 1 aliphatic rings. The quantitative estimate of drug-likeness (QED) is 0.637. The van der Waals surface area contributed by atoms with Gasteiger partial charge in [-0.2, -0.15) is 0 Å². The number of carbonyl (C=O) groups excluding carboxylic acids is 3. The first kappa shape index (κ1) is 19.5. The van der Waals surface area contributed by atoms with E-state index in [0.717, 1.165) is 22.0 Å². The molecule has 1 aromatic carbocycles. The first-order valence-corrected chi connectivity index (χ1v) is 9.10. The molecule has 0 spiro atoms. The van der Waals surface area contributed by atoms with Crippen LogP contribution in [0.15, 0.2) is 47.1 Å². The van der Waals surface area contributed by atoms with E-state index in [9.17, 15) is 14.4 Å². The second-order valence-electron chi connectivity index (χ2n) is 6.47. The van der Waals surface area contributed by atoms with E-state index in [4.69, 9.17) is 9.15 Å². The summed E-state index contributed by atoms with van der Waals surface area (Å²) in [5.74, 6) is 0.856. The number of imide groups is 1. The van der Waals surface area contributed by atoms with Gasteiger partial charge in [-0.3, -0.25) is 14.5 Å². The highest BCUT2D eigenvalue weighted by atomic mass is 16.5. The Balaban J connectivity index is 1.44. The van der Waals surface area contributed by atoms with Crippen molar-refractivity contribution in [2.24, 2.45) is 0 Å². The monoisotopic (exact) mass is 385 g/mol. The molecule has 3 rings (SSSR count). The average molecular weight is 385 g/mol. The van der Waals surface area contributed by atoms with E-state index in [-0.39, 0.29) is 24.8 Å². The minimum Gasteiger partial charge on any atom is -0.497 e.